The van der Waals surface area contributed by atoms with E-state index < -0.39 is 5.97 Å². The second-order valence-corrected chi connectivity index (χ2v) is 3.01. The minimum Gasteiger partial charge on any atom is -0.481 e. The number of amides is 1. The van der Waals surface area contributed by atoms with Gasteiger partial charge in [0.15, 0.2) is 0 Å². The molecule has 0 saturated carbocycles. The fourth-order valence-corrected chi connectivity index (χ4v) is 1.42. The maximum Gasteiger partial charge on any atom is 0.308 e. The zero-order valence-electron chi connectivity index (χ0n) is 7.12. The number of piperidine rings is 1. The Kier molecular flexibility index (Phi) is 2.68. The van der Waals surface area contributed by atoms with Gasteiger partial charge in [-0.05, 0) is 13.3 Å². The molecule has 0 radical (unpaired) electrons. The molecule has 0 aromatic heterocycles. The lowest BCUT2D eigenvalue weighted by Gasteiger charge is -2.29. The number of hydrogen-bond acceptors (Lipinski definition) is 2. The van der Waals surface area contributed by atoms with E-state index in [1.165, 1.54) is 0 Å². The molecule has 0 aromatic carbocycles. The minimum absolute atomic E-state index is 0.0787. The third-order valence-electron chi connectivity index (χ3n) is 2.23. The number of hydrogen-bond donors (Lipinski definition) is 1. The van der Waals surface area contributed by atoms with Crippen molar-refractivity contribution in [3.05, 3.63) is 0 Å². The monoisotopic (exact) mass is 171 g/mol. The standard InChI is InChI=1S/C8H13NO3/c1-2-9-5-6(8(11)12)3-4-7(9)10/h6H,2-5H2,1H3,(H,11,12)/t6-/m1/s1. The molecular formula is C8H13NO3. The maximum absolute atomic E-state index is 11.1. The maximum atomic E-state index is 11.1. The number of carboxylic acids is 1. The number of rotatable bonds is 2. The van der Waals surface area contributed by atoms with Crippen molar-refractivity contribution in [1.29, 1.82) is 0 Å². The first kappa shape index (κ1) is 9.03. The smallest absolute Gasteiger partial charge is 0.308 e. The molecule has 1 fully saturated rings. The van der Waals surface area contributed by atoms with Crippen LogP contribution in [-0.2, 0) is 9.59 Å². The van der Waals surface area contributed by atoms with Crippen molar-refractivity contribution >= 4 is 11.9 Å². The Hall–Kier alpha value is -1.06. The number of likely N-dealkylation sites (tertiary alicyclic amines) is 1. The van der Waals surface area contributed by atoms with Gasteiger partial charge in [0.25, 0.3) is 0 Å². The molecule has 1 amide bonds. The lowest BCUT2D eigenvalue weighted by molar-refractivity contribution is -0.147. The Morgan fingerprint density at radius 2 is 2.42 bits per heavy atom. The summed E-state index contributed by atoms with van der Waals surface area (Å²) in [5, 5.41) is 8.70. The van der Waals surface area contributed by atoms with E-state index in [0.29, 0.717) is 25.9 Å². The fraction of sp³-hybridized carbons (Fsp3) is 0.750. The summed E-state index contributed by atoms with van der Waals surface area (Å²) in [7, 11) is 0. The molecular weight excluding hydrogens is 158 g/mol. The molecule has 0 aliphatic carbocycles. The van der Waals surface area contributed by atoms with Crippen LogP contribution in [0.25, 0.3) is 0 Å². The predicted octanol–water partition coefficient (Wildman–Crippen LogP) is 0.329. The second-order valence-electron chi connectivity index (χ2n) is 3.01. The van der Waals surface area contributed by atoms with Gasteiger partial charge in [-0.1, -0.05) is 0 Å². The molecule has 1 aliphatic rings. The van der Waals surface area contributed by atoms with E-state index >= 15 is 0 Å². The lowest BCUT2D eigenvalue weighted by atomic mass is 9.98. The zero-order chi connectivity index (χ0) is 9.14. The zero-order valence-corrected chi connectivity index (χ0v) is 7.12. The lowest BCUT2D eigenvalue weighted by Crippen LogP contribution is -2.42. The molecule has 68 valence electrons. The molecule has 0 bridgehead atoms. The van der Waals surface area contributed by atoms with E-state index in [1.807, 2.05) is 6.92 Å². The van der Waals surface area contributed by atoms with Gasteiger partial charge in [0.2, 0.25) is 5.91 Å². The van der Waals surface area contributed by atoms with Crippen molar-refractivity contribution in [1.82, 2.24) is 4.90 Å². The van der Waals surface area contributed by atoms with Crippen LogP contribution in [0.15, 0.2) is 0 Å². The third kappa shape index (κ3) is 1.75. The van der Waals surface area contributed by atoms with Crippen molar-refractivity contribution < 1.29 is 14.7 Å². The fourth-order valence-electron chi connectivity index (χ4n) is 1.42. The highest BCUT2D eigenvalue weighted by Crippen LogP contribution is 2.16. The van der Waals surface area contributed by atoms with E-state index in [1.54, 1.807) is 4.90 Å². The number of carbonyl (C=O) groups is 2. The van der Waals surface area contributed by atoms with Gasteiger partial charge in [-0.25, -0.2) is 0 Å². The van der Waals surface area contributed by atoms with E-state index in [4.69, 9.17) is 5.11 Å². The van der Waals surface area contributed by atoms with Crippen LogP contribution in [0.4, 0.5) is 0 Å². The quantitative estimate of drug-likeness (QED) is 0.651. The van der Waals surface area contributed by atoms with E-state index in [9.17, 15) is 9.59 Å². The number of aliphatic carboxylic acids is 1. The Morgan fingerprint density at radius 3 is 2.92 bits per heavy atom. The van der Waals surface area contributed by atoms with Gasteiger partial charge >= 0.3 is 5.97 Å². The highest BCUT2D eigenvalue weighted by molar-refractivity contribution is 5.80. The topological polar surface area (TPSA) is 57.6 Å². The van der Waals surface area contributed by atoms with Crippen LogP contribution in [0.5, 0.6) is 0 Å². The Morgan fingerprint density at radius 1 is 1.75 bits per heavy atom. The van der Waals surface area contributed by atoms with E-state index in [2.05, 4.69) is 0 Å². The SMILES string of the molecule is CCN1C[C@H](C(=O)O)CCC1=O. The van der Waals surface area contributed by atoms with Crippen LogP contribution in [0, 0.1) is 5.92 Å². The van der Waals surface area contributed by atoms with Crippen molar-refractivity contribution in [2.45, 2.75) is 19.8 Å². The first-order valence-electron chi connectivity index (χ1n) is 4.15. The van der Waals surface area contributed by atoms with Gasteiger partial charge in [-0.2, -0.15) is 0 Å². The van der Waals surface area contributed by atoms with E-state index in [0.717, 1.165) is 0 Å². The Bertz CT molecular complexity index is 202. The molecule has 1 aliphatic heterocycles. The van der Waals surface area contributed by atoms with Crippen LogP contribution in [0.1, 0.15) is 19.8 Å². The van der Waals surface area contributed by atoms with Gasteiger partial charge in [0.05, 0.1) is 5.92 Å². The number of carboxylic acid groups (broad SMARTS) is 1. The molecule has 1 heterocycles. The van der Waals surface area contributed by atoms with Crippen molar-refractivity contribution in [2.24, 2.45) is 5.92 Å². The van der Waals surface area contributed by atoms with Crippen molar-refractivity contribution in [3.63, 3.8) is 0 Å². The van der Waals surface area contributed by atoms with Crippen LogP contribution >= 0.6 is 0 Å². The van der Waals surface area contributed by atoms with Crippen LogP contribution in [0.2, 0.25) is 0 Å². The molecule has 1 rings (SSSR count). The largest absolute Gasteiger partial charge is 0.481 e. The molecule has 1 atom stereocenters. The van der Waals surface area contributed by atoms with Gasteiger partial charge in [0.1, 0.15) is 0 Å². The molecule has 1 saturated heterocycles. The van der Waals surface area contributed by atoms with Crippen LogP contribution in [0.3, 0.4) is 0 Å². The van der Waals surface area contributed by atoms with Crippen LogP contribution in [-0.4, -0.2) is 35.0 Å². The summed E-state index contributed by atoms with van der Waals surface area (Å²) < 4.78 is 0. The first-order valence-corrected chi connectivity index (χ1v) is 4.15. The second kappa shape index (κ2) is 3.56. The minimum atomic E-state index is -0.791. The molecule has 4 nitrogen and oxygen atoms in total. The molecule has 0 unspecified atom stereocenters. The van der Waals surface area contributed by atoms with E-state index in [-0.39, 0.29) is 11.8 Å². The Balaban J connectivity index is 2.55. The average Bonchev–Trinajstić information content (AvgIpc) is 2.05. The predicted molar refractivity (Wildman–Crippen MR) is 42.6 cm³/mol. The van der Waals surface area contributed by atoms with Gasteiger partial charge in [-0.3, -0.25) is 9.59 Å². The summed E-state index contributed by atoms with van der Waals surface area (Å²) >= 11 is 0. The normalized spacial score (nSPS) is 24.2. The van der Waals surface area contributed by atoms with Gasteiger partial charge < -0.3 is 10.0 Å². The molecule has 0 spiro atoms. The average molecular weight is 171 g/mol. The summed E-state index contributed by atoms with van der Waals surface area (Å²) in [5.41, 5.74) is 0. The highest BCUT2D eigenvalue weighted by atomic mass is 16.4. The number of carbonyl (C=O) groups excluding carboxylic acids is 1. The number of nitrogens with zero attached hydrogens (tertiary/aromatic N) is 1. The van der Waals surface area contributed by atoms with Crippen LogP contribution < -0.4 is 0 Å². The summed E-state index contributed by atoms with van der Waals surface area (Å²) in [6.07, 6.45) is 0.871. The van der Waals surface area contributed by atoms with Crippen molar-refractivity contribution in [3.8, 4) is 0 Å². The third-order valence-corrected chi connectivity index (χ3v) is 2.23. The Labute approximate surface area is 71.2 Å². The van der Waals surface area contributed by atoms with Gasteiger partial charge in [-0.15, -0.1) is 0 Å². The highest BCUT2D eigenvalue weighted by Gasteiger charge is 2.28. The summed E-state index contributed by atoms with van der Waals surface area (Å²) in [5.74, 6) is -1.07. The summed E-state index contributed by atoms with van der Waals surface area (Å²) in [6, 6.07) is 0. The molecule has 0 aromatic rings. The van der Waals surface area contributed by atoms with Gasteiger partial charge in [0, 0.05) is 19.5 Å². The first-order chi connectivity index (χ1) is 5.65. The molecule has 12 heavy (non-hydrogen) atoms. The summed E-state index contributed by atoms with van der Waals surface area (Å²) in [4.78, 5) is 23.3. The summed E-state index contributed by atoms with van der Waals surface area (Å²) in [6.45, 7) is 2.86. The molecule has 4 heteroatoms. The molecule has 1 N–H and O–H groups in total. The van der Waals surface area contributed by atoms with Crippen molar-refractivity contribution in [2.75, 3.05) is 13.1 Å².